The third kappa shape index (κ3) is 3.56. The molecule has 1 N–H and O–H groups in total. The lowest BCUT2D eigenvalue weighted by Gasteiger charge is -2.33. The summed E-state index contributed by atoms with van der Waals surface area (Å²) in [7, 11) is 0. The van der Waals surface area contributed by atoms with Gasteiger partial charge in [0.15, 0.2) is 0 Å². The van der Waals surface area contributed by atoms with Crippen LogP contribution < -0.4 is 5.32 Å². The molecule has 0 bridgehead atoms. The van der Waals surface area contributed by atoms with E-state index in [1.807, 2.05) is 12.1 Å². The fourth-order valence-electron chi connectivity index (χ4n) is 3.67. The molecule has 0 spiro atoms. The highest BCUT2D eigenvalue weighted by Crippen LogP contribution is 2.42. The molecular weight excluding hydrogens is 266 g/mol. The Morgan fingerprint density at radius 1 is 1.15 bits per heavy atom. The van der Waals surface area contributed by atoms with E-state index in [0.29, 0.717) is 6.04 Å². The van der Waals surface area contributed by atoms with Crippen LogP contribution in [-0.2, 0) is 0 Å². The van der Waals surface area contributed by atoms with E-state index in [1.165, 1.54) is 50.5 Å². The van der Waals surface area contributed by atoms with E-state index in [-0.39, 0.29) is 0 Å². The minimum atomic E-state index is 0.549. The van der Waals surface area contributed by atoms with Gasteiger partial charge in [-0.05, 0) is 55.2 Å². The van der Waals surface area contributed by atoms with Crippen LogP contribution in [0.25, 0.3) is 0 Å². The summed E-state index contributed by atoms with van der Waals surface area (Å²) >= 11 is 6.02. The second kappa shape index (κ2) is 6.49. The molecule has 1 aromatic rings. The van der Waals surface area contributed by atoms with Gasteiger partial charge in [0.1, 0.15) is 0 Å². The van der Waals surface area contributed by atoms with Gasteiger partial charge >= 0.3 is 0 Å². The highest BCUT2D eigenvalue weighted by molar-refractivity contribution is 6.30. The lowest BCUT2D eigenvalue weighted by Crippen LogP contribution is -2.37. The lowest BCUT2D eigenvalue weighted by atomic mass is 9.83. The zero-order valence-corrected chi connectivity index (χ0v) is 13.2. The zero-order valence-electron chi connectivity index (χ0n) is 12.4. The van der Waals surface area contributed by atoms with Crippen molar-refractivity contribution in [3.05, 3.63) is 34.9 Å². The lowest BCUT2D eigenvalue weighted by molar-refractivity contribution is 0.255. The van der Waals surface area contributed by atoms with Crippen molar-refractivity contribution in [1.82, 2.24) is 5.32 Å². The van der Waals surface area contributed by atoms with Crippen molar-refractivity contribution in [1.29, 1.82) is 0 Å². The summed E-state index contributed by atoms with van der Waals surface area (Å²) in [5, 5.41) is 4.81. The Balaban J connectivity index is 1.67. The normalized spacial score (nSPS) is 28.3. The molecule has 2 heteroatoms. The summed E-state index contributed by atoms with van der Waals surface area (Å²) in [4.78, 5) is 0. The molecule has 20 heavy (non-hydrogen) atoms. The topological polar surface area (TPSA) is 12.0 Å². The predicted octanol–water partition coefficient (Wildman–Crippen LogP) is 5.35. The van der Waals surface area contributed by atoms with E-state index < -0.39 is 0 Å². The molecule has 2 fully saturated rings. The second-order valence-corrected chi connectivity index (χ2v) is 7.11. The highest BCUT2D eigenvalue weighted by Gasteiger charge is 2.34. The average Bonchev–Trinajstić information content (AvgIpc) is 3.31. The first-order chi connectivity index (χ1) is 9.76. The number of nitrogens with one attached hydrogen (secondary N) is 1. The van der Waals surface area contributed by atoms with Gasteiger partial charge in [-0.25, -0.2) is 0 Å². The quantitative estimate of drug-likeness (QED) is 0.771. The standard InChI is InChI=1S/C18H26ClN/c1-2-13-4-3-5-17(12-13)20-18(14-6-7-14)15-8-10-16(19)11-9-15/h8-11,13-14,17-18,20H,2-7,12H2,1H3. The Labute approximate surface area is 128 Å². The van der Waals surface area contributed by atoms with Crippen molar-refractivity contribution in [2.45, 2.75) is 64.0 Å². The maximum absolute atomic E-state index is 6.02. The van der Waals surface area contributed by atoms with Crippen LogP contribution in [0, 0.1) is 11.8 Å². The first-order valence-corrected chi connectivity index (χ1v) is 8.65. The summed E-state index contributed by atoms with van der Waals surface area (Å²) < 4.78 is 0. The molecule has 2 aliphatic rings. The first kappa shape index (κ1) is 14.4. The maximum atomic E-state index is 6.02. The molecule has 3 unspecified atom stereocenters. The highest BCUT2D eigenvalue weighted by atomic mass is 35.5. The van der Waals surface area contributed by atoms with Gasteiger partial charge in [0, 0.05) is 17.1 Å². The fourth-order valence-corrected chi connectivity index (χ4v) is 3.80. The van der Waals surface area contributed by atoms with Gasteiger partial charge in [-0.15, -0.1) is 0 Å². The number of rotatable bonds is 5. The first-order valence-electron chi connectivity index (χ1n) is 8.27. The Morgan fingerprint density at radius 3 is 2.55 bits per heavy atom. The molecule has 3 rings (SSSR count). The van der Waals surface area contributed by atoms with E-state index in [2.05, 4.69) is 24.4 Å². The van der Waals surface area contributed by atoms with Crippen LogP contribution in [0.1, 0.15) is 63.5 Å². The van der Waals surface area contributed by atoms with Gasteiger partial charge in [0.25, 0.3) is 0 Å². The molecule has 0 amide bonds. The average molecular weight is 292 g/mol. The van der Waals surface area contributed by atoms with E-state index >= 15 is 0 Å². The fraction of sp³-hybridized carbons (Fsp3) is 0.667. The van der Waals surface area contributed by atoms with E-state index in [9.17, 15) is 0 Å². The van der Waals surface area contributed by atoms with Crippen molar-refractivity contribution in [3.8, 4) is 0 Å². The number of benzene rings is 1. The molecule has 1 aromatic carbocycles. The molecule has 2 saturated carbocycles. The third-order valence-corrected chi connectivity index (χ3v) is 5.35. The number of hydrogen-bond donors (Lipinski definition) is 1. The van der Waals surface area contributed by atoms with Crippen LogP contribution in [0.15, 0.2) is 24.3 Å². The van der Waals surface area contributed by atoms with Gasteiger partial charge in [0.2, 0.25) is 0 Å². The van der Waals surface area contributed by atoms with Crippen molar-refractivity contribution in [3.63, 3.8) is 0 Å². The molecule has 0 aliphatic heterocycles. The zero-order chi connectivity index (χ0) is 13.9. The van der Waals surface area contributed by atoms with Gasteiger partial charge in [-0.1, -0.05) is 49.9 Å². The van der Waals surface area contributed by atoms with Crippen molar-refractivity contribution in [2.75, 3.05) is 0 Å². The van der Waals surface area contributed by atoms with Crippen LogP contribution in [-0.4, -0.2) is 6.04 Å². The Hall–Kier alpha value is -0.530. The van der Waals surface area contributed by atoms with Gasteiger partial charge in [0.05, 0.1) is 0 Å². The van der Waals surface area contributed by atoms with E-state index in [4.69, 9.17) is 11.6 Å². The van der Waals surface area contributed by atoms with Crippen molar-refractivity contribution in [2.24, 2.45) is 11.8 Å². The molecular formula is C18H26ClN. The Bertz CT molecular complexity index is 424. The van der Waals surface area contributed by atoms with Gasteiger partial charge in [-0.3, -0.25) is 0 Å². The Morgan fingerprint density at radius 2 is 1.90 bits per heavy atom. The SMILES string of the molecule is CCC1CCCC(NC(c2ccc(Cl)cc2)C2CC2)C1. The largest absolute Gasteiger partial charge is 0.307 e. The van der Waals surface area contributed by atoms with E-state index in [1.54, 1.807) is 0 Å². The number of halogens is 1. The molecule has 110 valence electrons. The van der Waals surface area contributed by atoms with Gasteiger partial charge in [-0.2, -0.15) is 0 Å². The summed E-state index contributed by atoms with van der Waals surface area (Å²) in [6.07, 6.45) is 9.65. The van der Waals surface area contributed by atoms with E-state index in [0.717, 1.165) is 22.9 Å². The molecule has 1 nitrogen and oxygen atoms in total. The minimum Gasteiger partial charge on any atom is -0.307 e. The monoisotopic (exact) mass is 291 g/mol. The minimum absolute atomic E-state index is 0.549. The molecule has 0 heterocycles. The van der Waals surface area contributed by atoms with Crippen LogP contribution in [0.5, 0.6) is 0 Å². The summed E-state index contributed by atoms with van der Waals surface area (Å²) in [5.74, 6) is 1.78. The van der Waals surface area contributed by atoms with Crippen molar-refractivity contribution < 1.29 is 0 Å². The Kier molecular flexibility index (Phi) is 4.68. The van der Waals surface area contributed by atoms with Crippen molar-refractivity contribution >= 4 is 11.6 Å². The van der Waals surface area contributed by atoms with Crippen LogP contribution in [0.3, 0.4) is 0 Å². The predicted molar refractivity (Wildman–Crippen MR) is 86.1 cm³/mol. The summed E-state index contributed by atoms with van der Waals surface area (Å²) in [5.41, 5.74) is 1.43. The summed E-state index contributed by atoms with van der Waals surface area (Å²) in [6, 6.07) is 9.74. The molecule has 0 saturated heterocycles. The second-order valence-electron chi connectivity index (χ2n) is 6.67. The number of hydrogen-bond acceptors (Lipinski definition) is 1. The van der Waals surface area contributed by atoms with Crippen LogP contribution in [0.2, 0.25) is 5.02 Å². The molecule has 3 atom stereocenters. The third-order valence-electron chi connectivity index (χ3n) is 5.10. The van der Waals surface area contributed by atoms with Crippen LogP contribution >= 0.6 is 11.6 Å². The molecule has 0 aromatic heterocycles. The van der Waals surface area contributed by atoms with Gasteiger partial charge < -0.3 is 5.32 Å². The molecule has 2 aliphatic carbocycles. The summed E-state index contributed by atoms with van der Waals surface area (Å²) in [6.45, 7) is 2.34. The molecule has 0 radical (unpaired) electrons. The van der Waals surface area contributed by atoms with Crippen LogP contribution in [0.4, 0.5) is 0 Å². The maximum Gasteiger partial charge on any atom is 0.0406 e. The smallest absolute Gasteiger partial charge is 0.0406 e.